The first-order valence-corrected chi connectivity index (χ1v) is 10.4. The minimum atomic E-state index is -4.60. The number of alkyl halides is 3. The maximum atomic E-state index is 13.3. The Labute approximate surface area is 154 Å². The van der Waals surface area contributed by atoms with E-state index >= 15 is 0 Å². The number of nitrogens with one attached hydrogen (secondary N) is 1. The average molecular weight is 403 g/mol. The molecule has 1 N–H and O–H groups in total. The van der Waals surface area contributed by atoms with Crippen molar-refractivity contribution in [3.63, 3.8) is 0 Å². The van der Waals surface area contributed by atoms with E-state index in [2.05, 4.69) is 10.3 Å². The molecular weight excluding hydrogens is 383 g/mol. The molecule has 6 nitrogen and oxygen atoms in total. The van der Waals surface area contributed by atoms with E-state index in [1.807, 2.05) is 0 Å². The number of carbonyl (C=O) groups excluding carboxylic acids is 1. The van der Waals surface area contributed by atoms with Gasteiger partial charge in [-0.05, 0) is 44.4 Å². The average Bonchev–Trinajstić information content (AvgIpc) is 3.11. The summed E-state index contributed by atoms with van der Waals surface area (Å²) in [6, 6.07) is 3.77. The topological polar surface area (TPSA) is 81.1 Å². The third-order valence-corrected chi connectivity index (χ3v) is 6.44. The highest BCUT2D eigenvalue weighted by atomic mass is 32.2. The van der Waals surface area contributed by atoms with Gasteiger partial charge in [-0.25, -0.2) is 13.4 Å². The van der Waals surface area contributed by atoms with Crippen molar-refractivity contribution in [2.75, 3.05) is 18.1 Å². The molecule has 1 saturated heterocycles. The molecule has 10 heteroatoms. The number of imidazole rings is 1. The first-order valence-electron chi connectivity index (χ1n) is 8.56. The molecule has 0 spiro atoms. The summed E-state index contributed by atoms with van der Waals surface area (Å²) < 4.78 is 63.8. The van der Waals surface area contributed by atoms with Crippen LogP contribution in [0, 0.1) is 5.92 Å². The highest BCUT2D eigenvalue weighted by Crippen LogP contribution is 2.33. The molecule has 1 fully saturated rings. The summed E-state index contributed by atoms with van der Waals surface area (Å²) in [6.07, 6.45) is -4.10. The molecule has 27 heavy (non-hydrogen) atoms. The number of fused-ring (bicyclic) bond motifs is 1. The van der Waals surface area contributed by atoms with E-state index < -0.39 is 33.8 Å². The van der Waals surface area contributed by atoms with Crippen LogP contribution in [0.2, 0.25) is 0 Å². The first-order chi connectivity index (χ1) is 12.5. The smallest absolute Gasteiger partial charge is 0.352 e. The number of hydrogen-bond donors (Lipinski definition) is 1. The molecule has 1 aliphatic heterocycles. The minimum Gasteiger partial charge on any atom is -0.352 e. The Morgan fingerprint density at radius 3 is 2.63 bits per heavy atom. The number of amides is 1. The van der Waals surface area contributed by atoms with Crippen molar-refractivity contribution in [1.29, 1.82) is 0 Å². The van der Waals surface area contributed by atoms with E-state index in [1.165, 1.54) is 18.2 Å². The van der Waals surface area contributed by atoms with Gasteiger partial charge in [0.2, 0.25) is 5.82 Å². The molecule has 1 aromatic heterocycles. The van der Waals surface area contributed by atoms with Gasteiger partial charge < -0.3 is 9.88 Å². The molecule has 0 bridgehead atoms. The Hall–Kier alpha value is -2.10. The molecule has 148 valence electrons. The van der Waals surface area contributed by atoms with Gasteiger partial charge in [0.05, 0.1) is 22.5 Å². The highest BCUT2D eigenvalue weighted by molar-refractivity contribution is 7.91. The Kier molecular flexibility index (Phi) is 4.96. The van der Waals surface area contributed by atoms with E-state index in [0.717, 1.165) is 4.57 Å². The van der Waals surface area contributed by atoms with E-state index in [1.54, 1.807) is 13.8 Å². The molecule has 0 radical (unpaired) electrons. The molecule has 2 aromatic rings. The summed E-state index contributed by atoms with van der Waals surface area (Å²) in [5.74, 6) is -1.44. The van der Waals surface area contributed by atoms with Gasteiger partial charge in [-0.2, -0.15) is 13.2 Å². The van der Waals surface area contributed by atoms with Gasteiger partial charge in [0.15, 0.2) is 9.84 Å². The molecule has 0 aliphatic carbocycles. The fourth-order valence-electron chi connectivity index (χ4n) is 3.33. The molecule has 1 atom stereocenters. The number of rotatable bonds is 4. The fourth-order valence-corrected chi connectivity index (χ4v) is 5.20. The summed E-state index contributed by atoms with van der Waals surface area (Å²) in [5, 5.41) is 2.66. The van der Waals surface area contributed by atoms with Gasteiger partial charge >= 0.3 is 6.18 Å². The molecular formula is C17H20F3N3O3S. The van der Waals surface area contributed by atoms with Crippen LogP contribution in [0.25, 0.3) is 11.0 Å². The van der Waals surface area contributed by atoms with Crippen molar-refractivity contribution >= 4 is 26.8 Å². The van der Waals surface area contributed by atoms with Crippen LogP contribution in [0.1, 0.15) is 42.5 Å². The van der Waals surface area contributed by atoms with Crippen molar-refractivity contribution in [2.45, 2.75) is 32.5 Å². The lowest BCUT2D eigenvalue weighted by Crippen LogP contribution is -2.29. The third kappa shape index (κ3) is 4.10. The molecule has 1 aliphatic rings. The maximum Gasteiger partial charge on any atom is 0.449 e. The second-order valence-electron chi connectivity index (χ2n) is 7.08. The predicted octanol–water partition coefficient (Wildman–Crippen LogP) is 2.80. The lowest BCUT2D eigenvalue weighted by Gasteiger charge is -2.14. The maximum absolute atomic E-state index is 13.3. The number of hydrogen-bond acceptors (Lipinski definition) is 4. The molecule has 2 heterocycles. The molecule has 0 saturated carbocycles. The zero-order valence-electron chi connectivity index (χ0n) is 14.9. The number of benzene rings is 1. The highest BCUT2D eigenvalue weighted by Gasteiger charge is 2.38. The quantitative estimate of drug-likeness (QED) is 0.851. The Morgan fingerprint density at radius 1 is 1.37 bits per heavy atom. The van der Waals surface area contributed by atoms with E-state index in [0.29, 0.717) is 11.9 Å². The zero-order chi connectivity index (χ0) is 20.0. The van der Waals surface area contributed by atoms with E-state index in [-0.39, 0.29) is 35.0 Å². The normalized spacial score (nSPS) is 19.7. The lowest BCUT2D eigenvalue weighted by molar-refractivity contribution is -0.147. The lowest BCUT2D eigenvalue weighted by atomic mass is 10.1. The van der Waals surface area contributed by atoms with Gasteiger partial charge in [-0.1, -0.05) is 0 Å². The minimum absolute atomic E-state index is 0.0417. The summed E-state index contributed by atoms with van der Waals surface area (Å²) in [4.78, 5) is 16.0. The van der Waals surface area contributed by atoms with Crippen LogP contribution in [0.3, 0.4) is 0 Å². The molecule has 3 rings (SSSR count). The van der Waals surface area contributed by atoms with E-state index in [4.69, 9.17) is 0 Å². The SMILES string of the molecule is CC(C)n1c(C(F)(F)F)nc2cc(C(=O)NCC3CCS(=O)(=O)C3)ccc21. The second-order valence-corrected chi connectivity index (χ2v) is 9.31. The largest absolute Gasteiger partial charge is 0.449 e. The fraction of sp³-hybridized carbons (Fsp3) is 0.529. The molecule has 1 amide bonds. The number of nitrogens with zero attached hydrogens (tertiary/aromatic N) is 2. The van der Waals surface area contributed by atoms with Crippen LogP contribution >= 0.6 is 0 Å². The van der Waals surface area contributed by atoms with Crippen LogP contribution in [-0.2, 0) is 16.0 Å². The van der Waals surface area contributed by atoms with Crippen molar-refractivity contribution in [3.05, 3.63) is 29.6 Å². The van der Waals surface area contributed by atoms with E-state index in [9.17, 15) is 26.4 Å². The third-order valence-electron chi connectivity index (χ3n) is 4.60. The Bertz CT molecular complexity index is 980. The number of halogens is 3. The van der Waals surface area contributed by atoms with Gasteiger partial charge in [0.1, 0.15) is 0 Å². The van der Waals surface area contributed by atoms with Crippen LogP contribution < -0.4 is 5.32 Å². The summed E-state index contributed by atoms with van der Waals surface area (Å²) >= 11 is 0. The number of sulfone groups is 1. The summed E-state index contributed by atoms with van der Waals surface area (Å²) in [5.41, 5.74) is 0.577. The van der Waals surface area contributed by atoms with Gasteiger partial charge in [0, 0.05) is 18.2 Å². The Morgan fingerprint density at radius 2 is 2.07 bits per heavy atom. The Balaban J connectivity index is 1.83. The van der Waals surface area contributed by atoms with Crippen LogP contribution in [0.5, 0.6) is 0 Å². The van der Waals surface area contributed by atoms with Crippen molar-refractivity contribution in [1.82, 2.24) is 14.9 Å². The zero-order valence-corrected chi connectivity index (χ0v) is 15.7. The first kappa shape index (κ1) is 19.7. The monoisotopic (exact) mass is 403 g/mol. The summed E-state index contributed by atoms with van der Waals surface area (Å²) in [7, 11) is -3.03. The molecule has 1 aromatic carbocycles. The van der Waals surface area contributed by atoms with Crippen molar-refractivity contribution < 1.29 is 26.4 Å². The predicted molar refractivity (Wildman–Crippen MR) is 94.2 cm³/mol. The molecule has 1 unspecified atom stereocenters. The van der Waals surface area contributed by atoms with Crippen LogP contribution in [0.4, 0.5) is 13.2 Å². The van der Waals surface area contributed by atoms with Gasteiger partial charge in [-0.3, -0.25) is 4.79 Å². The summed E-state index contributed by atoms with van der Waals surface area (Å²) in [6.45, 7) is 3.48. The second kappa shape index (κ2) is 6.81. The standard InChI is InChI=1S/C17H20F3N3O3S/c1-10(2)23-14-4-3-12(7-13(14)22-16(23)17(18,19)20)15(24)21-8-11-5-6-27(25,26)9-11/h3-4,7,10-11H,5-6,8-9H2,1-2H3,(H,21,24). The van der Waals surface area contributed by atoms with Crippen LogP contribution in [-0.4, -0.2) is 41.9 Å². The van der Waals surface area contributed by atoms with Gasteiger partial charge in [0.25, 0.3) is 5.91 Å². The van der Waals surface area contributed by atoms with Crippen LogP contribution in [0.15, 0.2) is 18.2 Å². The number of carbonyl (C=O) groups is 1. The van der Waals surface area contributed by atoms with Gasteiger partial charge in [-0.15, -0.1) is 0 Å². The van der Waals surface area contributed by atoms with Crippen molar-refractivity contribution in [2.24, 2.45) is 5.92 Å². The van der Waals surface area contributed by atoms with Crippen molar-refractivity contribution in [3.8, 4) is 0 Å². The number of aromatic nitrogens is 2.